The van der Waals surface area contributed by atoms with Crippen molar-refractivity contribution in [1.29, 1.82) is 0 Å². The molecule has 0 atom stereocenters. The van der Waals surface area contributed by atoms with E-state index in [-0.39, 0.29) is 6.10 Å². The Morgan fingerprint density at radius 2 is 1.73 bits per heavy atom. The molecule has 0 spiro atoms. The highest BCUT2D eigenvalue weighted by Gasteiger charge is 1.98. The highest BCUT2D eigenvalue weighted by Crippen LogP contribution is 2.14. The van der Waals surface area contributed by atoms with Crippen LogP contribution in [0.2, 0.25) is 0 Å². The van der Waals surface area contributed by atoms with Crippen molar-refractivity contribution in [2.45, 2.75) is 26.4 Å². The lowest BCUT2D eigenvalue weighted by Gasteiger charge is -2.11. The molecule has 0 aliphatic carbocycles. The van der Waals surface area contributed by atoms with E-state index in [1.165, 1.54) is 5.56 Å². The van der Waals surface area contributed by atoms with E-state index in [1.54, 1.807) is 0 Å². The van der Waals surface area contributed by atoms with Crippen molar-refractivity contribution in [1.82, 2.24) is 4.90 Å². The van der Waals surface area contributed by atoms with Gasteiger partial charge in [0.05, 0.1) is 6.10 Å². The molecule has 0 saturated heterocycles. The Balaban J connectivity index is 2.49. The van der Waals surface area contributed by atoms with Crippen LogP contribution in [0.3, 0.4) is 0 Å². The van der Waals surface area contributed by atoms with Crippen LogP contribution in [0.1, 0.15) is 19.4 Å². The highest BCUT2D eigenvalue weighted by molar-refractivity contribution is 5.27. The lowest BCUT2D eigenvalue weighted by atomic mass is 10.1. The molecule has 0 aromatic heterocycles. The van der Waals surface area contributed by atoms with E-state index in [2.05, 4.69) is 31.1 Å². The summed E-state index contributed by atoms with van der Waals surface area (Å²) in [6.07, 6.45) is 1.34. The number of ether oxygens (including phenoxy) is 1. The van der Waals surface area contributed by atoms with Crippen molar-refractivity contribution in [2.24, 2.45) is 0 Å². The lowest BCUT2D eigenvalue weighted by Crippen LogP contribution is -2.15. The molecule has 1 rings (SSSR count). The molecule has 0 aliphatic rings. The van der Waals surface area contributed by atoms with Crippen LogP contribution in [-0.2, 0) is 6.42 Å². The number of hydrogen-bond donors (Lipinski definition) is 0. The van der Waals surface area contributed by atoms with E-state index in [4.69, 9.17) is 4.74 Å². The topological polar surface area (TPSA) is 12.5 Å². The van der Waals surface area contributed by atoms with E-state index in [9.17, 15) is 0 Å². The third-order valence-electron chi connectivity index (χ3n) is 2.14. The van der Waals surface area contributed by atoms with Crippen LogP contribution in [0.25, 0.3) is 0 Å². The van der Waals surface area contributed by atoms with Gasteiger partial charge in [-0.3, -0.25) is 0 Å². The second-order valence-electron chi connectivity index (χ2n) is 4.36. The normalized spacial score (nSPS) is 11.1. The monoisotopic (exact) mass is 207 g/mol. The zero-order chi connectivity index (χ0) is 11.3. The van der Waals surface area contributed by atoms with E-state index in [0.717, 1.165) is 18.7 Å². The maximum absolute atomic E-state index is 5.58. The fourth-order valence-electron chi connectivity index (χ4n) is 1.36. The van der Waals surface area contributed by atoms with Gasteiger partial charge in [-0.1, -0.05) is 12.1 Å². The van der Waals surface area contributed by atoms with Gasteiger partial charge in [-0.15, -0.1) is 0 Å². The summed E-state index contributed by atoms with van der Waals surface area (Å²) in [6, 6.07) is 8.37. The fourth-order valence-corrected chi connectivity index (χ4v) is 1.36. The Hall–Kier alpha value is -1.02. The van der Waals surface area contributed by atoms with Crippen molar-refractivity contribution in [3.63, 3.8) is 0 Å². The molecule has 84 valence electrons. The molecule has 0 heterocycles. The zero-order valence-electron chi connectivity index (χ0n) is 10.2. The molecule has 0 saturated carbocycles. The molecular formula is C13H21NO. The van der Waals surface area contributed by atoms with Crippen molar-refractivity contribution in [2.75, 3.05) is 20.6 Å². The summed E-state index contributed by atoms with van der Waals surface area (Å²) in [5, 5.41) is 0. The molecule has 1 aromatic carbocycles. The van der Waals surface area contributed by atoms with Crippen molar-refractivity contribution >= 4 is 0 Å². The molecule has 0 radical (unpaired) electrons. The SMILES string of the molecule is CC(C)Oc1ccc(CCN(C)C)cc1. The standard InChI is InChI=1S/C13H21NO/c1-11(2)15-13-7-5-12(6-8-13)9-10-14(3)4/h5-8,11H,9-10H2,1-4H3. The average molecular weight is 207 g/mol. The summed E-state index contributed by atoms with van der Waals surface area (Å²) < 4.78 is 5.58. The van der Waals surface area contributed by atoms with Crippen molar-refractivity contribution in [3.05, 3.63) is 29.8 Å². The Labute approximate surface area is 92.9 Å². The zero-order valence-corrected chi connectivity index (χ0v) is 10.2. The molecule has 1 aromatic rings. The van der Waals surface area contributed by atoms with Crippen LogP contribution >= 0.6 is 0 Å². The third-order valence-corrected chi connectivity index (χ3v) is 2.14. The number of hydrogen-bond acceptors (Lipinski definition) is 2. The summed E-state index contributed by atoms with van der Waals surface area (Å²) in [7, 11) is 4.19. The van der Waals surface area contributed by atoms with Gasteiger partial charge in [-0.05, 0) is 52.1 Å². The van der Waals surface area contributed by atoms with Gasteiger partial charge in [0, 0.05) is 6.54 Å². The summed E-state index contributed by atoms with van der Waals surface area (Å²) in [6.45, 7) is 5.17. The van der Waals surface area contributed by atoms with E-state index < -0.39 is 0 Å². The quantitative estimate of drug-likeness (QED) is 0.736. The van der Waals surface area contributed by atoms with Gasteiger partial charge in [-0.25, -0.2) is 0 Å². The lowest BCUT2D eigenvalue weighted by molar-refractivity contribution is 0.242. The first-order valence-corrected chi connectivity index (χ1v) is 5.48. The molecule has 2 nitrogen and oxygen atoms in total. The van der Waals surface area contributed by atoms with Gasteiger partial charge in [0.25, 0.3) is 0 Å². The van der Waals surface area contributed by atoms with Gasteiger partial charge < -0.3 is 9.64 Å². The minimum atomic E-state index is 0.248. The third kappa shape index (κ3) is 4.84. The Bertz CT molecular complexity index is 277. The van der Waals surface area contributed by atoms with Gasteiger partial charge in [0.2, 0.25) is 0 Å². The van der Waals surface area contributed by atoms with Crippen LogP contribution in [-0.4, -0.2) is 31.6 Å². The Morgan fingerprint density at radius 1 is 1.13 bits per heavy atom. The highest BCUT2D eigenvalue weighted by atomic mass is 16.5. The average Bonchev–Trinajstić information content (AvgIpc) is 2.16. The number of nitrogens with zero attached hydrogens (tertiary/aromatic N) is 1. The molecule has 0 fully saturated rings. The first-order valence-electron chi connectivity index (χ1n) is 5.48. The predicted octanol–water partition coefficient (Wildman–Crippen LogP) is 2.58. The van der Waals surface area contributed by atoms with Crippen molar-refractivity contribution in [3.8, 4) is 5.75 Å². The minimum absolute atomic E-state index is 0.248. The first-order chi connectivity index (χ1) is 7.08. The van der Waals surface area contributed by atoms with E-state index in [1.807, 2.05) is 26.0 Å². The van der Waals surface area contributed by atoms with Crippen LogP contribution in [0, 0.1) is 0 Å². The molecular weight excluding hydrogens is 186 g/mol. The molecule has 2 heteroatoms. The maximum Gasteiger partial charge on any atom is 0.119 e. The second kappa shape index (κ2) is 5.76. The van der Waals surface area contributed by atoms with Crippen molar-refractivity contribution < 1.29 is 4.74 Å². The van der Waals surface area contributed by atoms with Gasteiger partial charge in [0.1, 0.15) is 5.75 Å². The fraction of sp³-hybridized carbons (Fsp3) is 0.538. The largest absolute Gasteiger partial charge is 0.491 e. The summed E-state index contributed by atoms with van der Waals surface area (Å²) in [5.74, 6) is 0.957. The summed E-state index contributed by atoms with van der Waals surface area (Å²) in [4.78, 5) is 2.19. The molecule has 0 bridgehead atoms. The number of benzene rings is 1. The molecule has 0 N–H and O–H groups in total. The van der Waals surface area contributed by atoms with E-state index in [0.29, 0.717) is 0 Å². The van der Waals surface area contributed by atoms with E-state index >= 15 is 0 Å². The smallest absolute Gasteiger partial charge is 0.119 e. The number of likely N-dealkylation sites (N-methyl/N-ethyl adjacent to an activating group) is 1. The molecule has 0 unspecified atom stereocenters. The first kappa shape index (κ1) is 12.1. The van der Waals surface area contributed by atoms with Crippen LogP contribution < -0.4 is 4.74 Å². The predicted molar refractivity (Wildman–Crippen MR) is 64.5 cm³/mol. The second-order valence-corrected chi connectivity index (χ2v) is 4.36. The van der Waals surface area contributed by atoms with Gasteiger partial charge in [0.15, 0.2) is 0 Å². The van der Waals surface area contributed by atoms with Gasteiger partial charge in [-0.2, -0.15) is 0 Å². The molecule has 0 amide bonds. The summed E-state index contributed by atoms with van der Waals surface area (Å²) >= 11 is 0. The molecule has 15 heavy (non-hydrogen) atoms. The minimum Gasteiger partial charge on any atom is -0.491 e. The van der Waals surface area contributed by atoms with Crippen LogP contribution in [0.4, 0.5) is 0 Å². The van der Waals surface area contributed by atoms with Gasteiger partial charge >= 0.3 is 0 Å². The maximum atomic E-state index is 5.58. The Morgan fingerprint density at radius 3 is 2.20 bits per heavy atom. The molecule has 0 aliphatic heterocycles. The number of rotatable bonds is 5. The van der Waals surface area contributed by atoms with Crippen LogP contribution in [0.5, 0.6) is 5.75 Å². The van der Waals surface area contributed by atoms with Crippen LogP contribution in [0.15, 0.2) is 24.3 Å². The summed E-state index contributed by atoms with van der Waals surface area (Å²) in [5.41, 5.74) is 1.36. The Kier molecular flexibility index (Phi) is 4.63.